The van der Waals surface area contributed by atoms with Crippen LogP contribution in [0.3, 0.4) is 0 Å². The van der Waals surface area contributed by atoms with Crippen molar-refractivity contribution in [2.75, 3.05) is 18.6 Å². The number of hydrogen-bond acceptors (Lipinski definition) is 6. The van der Waals surface area contributed by atoms with Crippen molar-refractivity contribution in [1.29, 1.82) is 0 Å². The predicted molar refractivity (Wildman–Crippen MR) is 71.9 cm³/mol. The molecular weight excluding hydrogens is 266 g/mol. The molecule has 1 aliphatic rings. The second-order valence-electron chi connectivity index (χ2n) is 5.18. The first kappa shape index (κ1) is 14.5. The Bertz CT molecular complexity index is 522. The van der Waals surface area contributed by atoms with Crippen molar-refractivity contribution in [2.45, 2.75) is 44.6 Å². The molecule has 6 nitrogen and oxygen atoms in total. The summed E-state index contributed by atoms with van der Waals surface area (Å²) in [5.74, 6) is 1.50. The fourth-order valence-corrected chi connectivity index (χ4v) is 4.32. The Labute approximate surface area is 113 Å². The van der Waals surface area contributed by atoms with E-state index in [0.29, 0.717) is 18.1 Å². The second-order valence-corrected chi connectivity index (χ2v) is 7.41. The molecule has 108 valence electrons. The lowest BCUT2D eigenvalue weighted by atomic mass is 10.00. The van der Waals surface area contributed by atoms with Gasteiger partial charge in [0, 0.05) is 12.0 Å². The van der Waals surface area contributed by atoms with Gasteiger partial charge in [-0.1, -0.05) is 19.0 Å². The molecule has 2 heterocycles. The standard InChI is InChI=1S/C12H21N3O3S/c1-4-10(13-3)8(2)12-14-11(15-18-12)9-5-6-19(16,17)7-9/h8-10,13H,4-7H2,1-3H3. The van der Waals surface area contributed by atoms with Gasteiger partial charge in [0.15, 0.2) is 15.7 Å². The average molecular weight is 287 g/mol. The van der Waals surface area contributed by atoms with Crippen LogP contribution in [0, 0.1) is 0 Å². The molecule has 1 aliphatic heterocycles. The molecule has 0 radical (unpaired) electrons. The van der Waals surface area contributed by atoms with Crippen molar-refractivity contribution >= 4 is 9.84 Å². The maximum absolute atomic E-state index is 11.5. The molecule has 3 atom stereocenters. The third-order valence-electron chi connectivity index (χ3n) is 3.86. The van der Waals surface area contributed by atoms with E-state index < -0.39 is 9.84 Å². The Hall–Kier alpha value is -0.950. The predicted octanol–water partition coefficient (Wildman–Crippen LogP) is 1.07. The largest absolute Gasteiger partial charge is 0.339 e. The Morgan fingerprint density at radius 2 is 2.26 bits per heavy atom. The molecule has 1 aromatic rings. The molecular formula is C12H21N3O3S. The Morgan fingerprint density at radius 3 is 2.79 bits per heavy atom. The number of rotatable bonds is 5. The minimum atomic E-state index is -2.91. The summed E-state index contributed by atoms with van der Waals surface area (Å²) in [6, 6.07) is 0.278. The maximum atomic E-state index is 11.5. The number of likely N-dealkylation sites (N-methyl/N-ethyl adjacent to an activating group) is 1. The fourth-order valence-electron chi connectivity index (χ4n) is 2.58. The van der Waals surface area contributed by atoms with Crippen LogP contribution < -0.4 is 5.32 Å². The van der Waals surface area contributed by atoms with Gasteiger partial charge in [0.1, 0.15) is 0 Å². The van der Waals surface area contributed by atoms with Crippen molar-refractivity contribution in [1.82, 2.24) is 15.5 Å². The molecule has 7 heteroatoms. The molecule has 1 N–H and O–H groups in total. The normalized spacial score (nSPS) is 25.3. The highest BCUT2D eigenvalue weighted by Crippen LogP contribution is 2.28. The molecule has 0 bridgehead atoms. The van der Waals surface area contributed by atoms with E-state index in [2.05, 4.69) is 22.4 Å². The molecule has 0 aromatic carbocycles. The van der Waals surface area contributed by atoms with Crippen LogP contribution in [0.15, 0.2) is 4.52 Å². The zero-order valence-corrected chi connectivity index (χ0v) is 12.4. The molecule has 1 aromatic heterocycles. The summed E-state index contributed by atoms with van der Waals surface area (Å²) in [4.78, 5) is 4.39. The van der Waals surface area contributed by atoms with Gasteiger partial charge in [-0.3, -0.25) is 0 Å². The summed E-state index contributed by atoms with van der Waals surface area (Å²) < 4.78 is 28.2. The quantitative estimate of drug-likeness (QED) is 0.872. The number of sulfone groups is 1. The van der Waals surface area contributed by atoms with Gasteiger partial charge in [0.25, 0.3) is 0 Å². The minimum absolute atomic E-state index is 0.107. The first-order valence-corrected chi connectivity index (χ1v) is 8.50. The number of nitrogens with zero attached hydrogens (tertiary/aromatic N) is 2. The van der Waals surface area contributed by atoms with Crippen LogP contribution in [0.2, 0.25) is 0 Å². The van der Waals surface area contributed by atoms with Crippen LogP contribution in [0.5, 0.6) is 0 Å². The fraction of sp³-hybridized carbons (Fsp3) is 0.833. The minimum Gasteiger partial charge on any atom is -0.339 e. The smallest absolute Gasteiger partial charge is 0.231 e. The highest BCUT2D eigenvalue weighted by molar-refractivity contribution is 7.91. The molecule has 0 aliphatic carbocycles. The van der Waals surface area contributed by atoms with Gasteiger partial charge >= 0.3 is 0 Å². The summed E-state index contributed by atoms with van der Waals surface area (Å²) in [5.41, 5.74) is 0. The van der Waals surface area contributed by atoms with Gasteiger partial charge in [-0.25, -0.2) is 8.42 Å². The lowest BCUT2D eigenvalue weighted by molar-refractivity contribution is 0.323. The molecule has 1 saturated heterocycles. The molecule has 3 unspecified atom stereocenters. The first-order chi connectivity index (χ1) is 8.96. The summed E-state index contributed by atoms with van der Waals surface area (Å²) in [5, 5.41) is 7.18. The van der Waals surface area contributed by atoms with Crippen LogP contribution in [0.4, 0.5) is 0 Å². The molecule has 0 saturated carbocycles. The molecule has 19 heavy (non-hydrogen) atoms. The van der Waals surface area contributed by atoms with E-state index in [9.17, 15) is 8.42 Å². The van der Waals surface area contributed by atoms with E-state index in [-0.39, 0.29) is 29.4 Å². The topological polar surface area (TPSA) is 85.1 Å². The average Bonchev–Trinajstić information content (AvgIpc) is 2.96. The van der Waals surface area contributed by atoms with Crippen molar-refractivity contribution in [3.63, 3.8) is 0 Å². The van der Waals surface area contributed by atoms with Crippen molar-refractivity contribution in [3.05, 3.63) is 11.7 Å². The zero-order valence-electron chi connectivity index (χ0n) is 11.6. The van der Waals surface area contributed by atoms with Gasteiger partial charge in [-0.2, -0.15) is 4.98 Å². The summed E-state index contributed by atoms with van der Waals surface area (Å²) in [6.45, 7) is 4.13. The second kappa shape index (κ2) is 5.58. The Morgan fingerprint density at radius 1 is 1.53 bits per heavy atom. The number of nitrogens with one attached hydrogen (secondary N) is 1. The molecule has 2 rings (SSSR count). The molecule has 0 amide bonds. The van der Waals surface area contributed by atoms with E-state index in [1.165, 1.54) is 0 Å². The first-order valence-electron chi connectivity index (χ1n) is 6.68. The highest BCUT2D eigenvalue weighted by atomic mass is 32.2. The third-order valence-corrected chi connectivity index (χ3v) is 5.63. The van der Waals surface area contributed by atoms with Gasteiger partial charge in [-0.15, -0.1) is 0 Å². The van der Waals surface area contributed by atoms with Crippen LogP contribution in [0.25, 0.3) is 0 Å². The highest BCUT2D eigenvalue weighted by Gasteiger charge is 2.33. The van der Waals surface area contributed by atoms with Crippen molar-refractivity contribution in [2.24, 2.45) is 0 Å². The van der Waals surface area contributed by atoms with E-state index >= 15 is 0 Å². The molecule has 1 fully saturated rings. The van der Waals surface area contributed by atoms with E-state index in [1.807, 2.05) is 14.0 Å². The van der Waals surface area contributed by atoms with Gasteiger partial charge < -0.3 is 9.84 Å². The Kier molecular flexibility index (Phi) is 4.25. The van der Waals surface area contributed by atoms with Crippen LogP contribution in [0.1, 0.15) is 50.2 Å². The van der Waals surface area contributed by atoms with Crippen molar-refractivity contribution in [3.8, 4) is 0 Å². The third kappa shape index (κ3) is 3.14. The van der Waals surface area contributed by atoms with Gasteiger partial charge in [0.05, 0.1) is 17.4 Å². The number of hydrogen-bond donors (Lipinski definition) is 1. The van der Waals surface area contributed by atoms with Crippen LogP contribution in [-0.4, -0.2) is 43.2 Å². The lowest BCUT2D eigenvalue weighted by Gasteiger charge is -2.18. The molecule has 0 spiro atoms. The van der Waals surface area contributed by atoms with E-state index in [4.69, 9.17) is 4.52 Å². The van der Waals surface area contributed by atoms with Gasteiger partial charge in [0.2, 0.25) is 5.89 Å². The van der Waals surface area contributed by atoms with E-state index in [1.54, 1.807) is 0 Å². The lowest BCUT2D eigenvalue weighted by Crippen LogP contribution is -2.30. The van der Waals surface area contributed by atoms with Crippen LogP contribution in [-0.2, 0) is 9.84 Å². The maximum Gasteiger partial charge on any atom is 0.231 e. The summed E-state index contributed by atoms with van der Waals surface area (Å²) >= 11 is 0. The number of aromatic nitrogens is 2. The van der Waals surface area contributed by atoms with Crippen molar-refractivity contribution < 1.29 is 12.9 Å². The summed E-state index contributed by atoms with van der Waals surface area (Å²) in [6.07, 6.45) is 1.56. The van der Waals surface area contributed by atoms with E-state index in [0.717, 1.165) is 6.42 Å². The monoisotopic (exact) mass is 287 g/mol. The Balaban J connectivity index is 2.11. The zero-order chi connectivity index (χ0) is 14.0. The SMILES string of the molecule is CCC(NC)C(C)c1nc(C2CCS(=O)(=O)C2)no1. The summed E-state index contributed by atoms with van der Waals surface area (Å²) in [7, 11) is -1.01. The van der Waals surface area contributed by atoms with Gasteiger partial charge in [-0.05, 0) is 19.9 Å². The van der Waals surface area contributed by atoms with Crippen LogP contribution >= 0.6 is 0 Å².